The Morgan fingerprint density at radius 3 is 2.42 bits per heavy atom. The molecule has 3 aromatic heterocycles. The van der Waals surface area contributed by atoms with Gasteiger partial charge in [0.15, 0.2) is 0 Å². The van der Waals surface area contributed by atoms with Crippen LogP contribution in [0.2, 0.25) is 0 Å². The van der Waals surface area contributed by atoms with E-state index in [4.69, 9.17) is 4.74 Å². The highest BCUT2D eigenvalue weighted by atomic mass is 19.3. The minimum absolute atomic E-state index is 0.103. The van der Waals surface area contributed by atoms with Gasteiger partial charge in [-0.1, -0.05) is 32.0 Å². The van der Waals surface area contributed by atoms with Crippen LogP contribution in [0.4, 0.5) is 19.1 Å². The third kappa shape index (κ3) is 4.62. The summed E-state index contributed by atoms with van der Waals surface area (Å²) in [6, 6.07) is 8.06. The van der Waals surface area contributed by atoms with Crippen LogP contribution in [0.5, 0.6) is 5.75 Å². The van der Waals surface area contributed by atoms with E-state index in [0.29, 0.717) is 34.0 Å². The maximum atomic E-state index is 15.2. The topological polar surface area (TPSA) is 55.6 Å². The summed E-state index contributed by atoms with van der Waals surface area (Å²) in [5.41, 5.74) is 3.34. The number of imidazole rings is 1. The number of para-hydroxylation sites is 1. The fraction of sp³-hybridized carbons (Fsp3) is 0.333. The van der Waals surface area contributed by atoms with Crippen LogP contribution in [0, 0.1) is 18.7 Å². The number of hydrogen-bond donors (Lipinski definition) is 0. The maximum Gasteiger partial charge on any atom is 0.387 e. The highest BCUT2D eigenvalue weighted by Crippen LogP contribution is 2.35. The number of aromatic nitrogens is 4. The van der Waals surface area contributed by atoms with Gasteiger partial charge in [0.1, 0.15) is 17.2 Å². The molecular weight excluding hydrogens is 467 g/mol. The standard InChI is InChI=1S/C27H27F3N5O/c1-16-8-10-34(11-9-16)27-31-13-19(14-32-27)21-15-35-24(12-22(21)28)33-18(3)25(35)17(2)20-6-4-5-7-23(20)36-26(29)30/h4-7,12-15,17,26H,8-11H2,1-3H3. The van der Waals surface area contributed by atoms with Crippen molar-refractivity contribution in [2.75, 3.05) is 18.0 Å². The number of pyridine rings is 1. The van der Waals surface area contributed by atoms with E-state index in [1.807, 2.05) is 13.8 Å². The molecule has 1 radical (unpaired) electrons. The summed E-state index contributed by atoms with van der Waals surface area (Å²) in [6.07, 6.45) is 6.98. The molecule has 1 atom stereocenters. The Morgan fingerprint density at radius 1 is 1.03 bits per heavy atom. The van der Waals surface area contributed by atoms with Crippen molar-refractivity contribution in [3.8, 4) is 16.9 Å². The summed E-state index contributed by atoms with van der Waals surface area (Å²) >= 11 is 0. The van der Waals surface area contributed by atoms with Crippen molar-refractivity contribution in [2.24, 2.45) is 0 Å². The van der Waals surface area contributed by atoms with Crippen LogP contribution in [0.3, 0.4) is 0 Å². The average Bonchev–Trinajstić information content (AvgIpc) is 3.18. The molecule has 1 aromatic carbocycles. The number of aryl methyl sites for hydroxylation is 1. The molecule has 0 amide bonds. The number of anilines is 1. The van der Waals surface area contributed by atoms with Crippen molar-refractivity contribution in [1.82, 2.24) is 19.4 Å². The zero-order chi connectivity index (χ0) is 25.4. The predicted molar refractivity (Wildman–Crippen MR) is 132 cm³/mol. The van der Waals surface area contributed by atoms with Gasteiger partial charge in [-0.15, -0.1) is 0 Å². The highest BCUT2D eigenvalue weighted by molar-refractivity contribution is 5.65. The second-order valence-electron chi connectivity index (χ2n) is 9.20. The third-order valence-electron chi connectivity index (χ3n) is 6.79. The molecule has 4 heterocycles. The molecule has 1 aliphatic heterocycles. The predicted octanol–water partition coefficient (Wildman–Crippen LogP) is 6.19. The van der Waals surface area contributed by atoms with Crippen molar-refractivity contribution < 1.29 is 17.9 Å². The van der Waals surface area contributed by atoms with Gasteiger partial charge in [-0.2, -0.15) is 8.78 Å². The quantitative estimate of drug-likeness (QED) is 0.320. The molecule has 6 nitrogen and oxygen atoms in total. The summed E-state index contributed by atoms with van der Waals surface area (Å²) < 4.78 is 47.7. The van der Waals surface area contributed by atoms with E-state index >= 15 is 4.39 Å². The van der Waals surface area contributed by atoms with Crippen molar-refractivity contribution >= 4 is 11.6 Å². The minimum Gasteiger partial charge on any atom is -0.435 e. The second-order valence-corrected chi connectivity index (χ2v) is 9.20. The molecule has 1 saturated heterocycles. The fourth-order valence-electron chi connectivity index (χ4n) is 4.84. The Morgan fingerprint density at radius 2 is 1.72 bits per heavy atom. The molecule has 0 aliphatic carbocycles. The molecule has 1 unspecified atom stereocenters. The first-order valence-corrected chi connectivity index (χ1v) is 11.9. The summed E-state index contributed by atoms with van der Waals surface area (Å²) in [5, 5.41) is 0. The number of benzene rings is 1. The lowest BCUT2D eigenvalue weighted by atomic mass is 9.95. The number of rotatable bonds is 6. The molecule has 5 rings (SSSR count). The molecule has 0 spiro atoms. The monoisotopic (exact) mass is 494 g/mol. The van der Waals surface area contributed by atoms with Crippen molar-refractivity contribution in [2.45, 2.75) is 46.1 Å². The molecule has 0 N–H and O–H groups in total. The first kappa shape index (κ1) is 24.1. The van der Waals surface area contributed by atoms with E-state index in [2.05, 4.69) is 26.8 Å². The normalized spacial score (nSPS) is 15.6. The number of ether oxygens (including phenoxy) is 1. The summed E-state index contributed by atoms with van der Waals surface area (Å²) in [6.45, 7) is 4.69. The molecule has 9 heteroatoms. The summed E-state index contributed by atoms with van der Waals surface area (Å²) in [5.74, 6) is 1.43. The number of piperidine rings is 1. The van der Waals surface area contributed by atoms with Crippen LogP contribution in [0.1, 0.15) is 49.6 Å². The van der Waals surface area contributed by atoms with Gasteiger partial charge >= 0.3 is 6.61 Å². The first-order valence-electron chi connectivity index (χ1n) is 11.9. The van der Waals surface area contributed by atoms with Gasteiger partial charge in [-0.25, -0.2) is 19.3 Å². The largest absolute Gasteiger partial charge is 0.435 e. The number of alkyl halides is 2. The molecule has 36 heavy (non-hydrogen) atoms. The summed E-state index contributed by atoms with van der Waals surface area (Å²) in [7, 11) is 0. The number of fused-ring (bicyclic) bond motifs is 1. The van der Waals surface area contributed by atoms with Crippen molar-refractivity contribution in [3.63, 3.8) is 0 Å². The van der Waals surface area contributed by atoms with Crippen molar-refractivity contribution in [1.29, 1.82) is 0 Å². The molecule has 4 aromatic rings. The zero-order valence-electron chi connectivity index (χ0n) is 20.4. The molecule has 0 saturated carbocycles. The van der Waals surface area contributed by atoms with Gasteiger partial charge in [0, 0.05) is 60.4 Å². The number of nitrogens with zero attached hydrogens (tertiary/aromatic N) is 5. The average molecular weight is 495 g/mol. The van der Waals surface area contributed by atoms with Crippen LogP contribution in [-0.4, -0.2) is 39.1 Å². The highest BCUT2D eigenvalue weighted by Gasteiger charge is 2.23. The molecule has 0 bridgehead atoms. The SMILES string of the molecule is C[C]1CCN(c2ncc(-c3cn4c(C(C)c5ccccc5OC(F)F)c(C)nc4cc3F)cn2)CC1. The lowest BCUT2D eigenvalue weighted by Gasteiger charge is -2.29. The van der Waals surface area contributed by atoms with E-state index < -0.39 is 12.4 Å². The van der Waals surface area contributed by atoms with E-state index in [9.17, 15) is 8.78 Å². The Hall–Kier alpha value is -3.62. The van der Waals surface area contributed by atoms with E-state index in [1.54, 1.807) is 41.2 Å². The number of hydrogen-bond acceptors (Lipinski definition) is 5. The van der Waals surface area contributed by atoms with Crippen LogP contribution in [-0.2, 0) is 0 Å². The first-order chi connectivity index (χ1) is 17.3. The van der Waals surface area contributed by atoms with E-state index in [-0.39, 0.29) is 11.7 Å². The van der Waals surface area contributed by atoms with Crippen LogP contribution in [0.15, 0.2) is 48.9 Å². The zero-order valence-corrected chi connectivity index (χ0v) is 20.4. The van der Waals surface area contributed by atoms with E-state index in [1.165, 1.54) is 18.1 Å². The van der Waals surface area contributed by atoms with Gasteiger partial charge in [0.05, 0.1) is 11.4 Å². The van der Waals surface area contributed by atoms with Gasteiger partial charge < -0.3 is 14.0 Å². The van der Waals surface area contributed by atoms with Crippen LogP contribution >= 0.6 is 0 Å². The van der Waals surface area contributed by atoms with Gasteiger partial charge in [-0.3, -0.25) is 0 Å². The van der Waals surface area contributed by atoms with Gasteiger partial charge in [-0.05, 0) is 31.7 Å². The second kappa shape index (κ2) is 9.79. The van der Waals surface area contributed by atoms with Crippen LogP contribution in [0.25, 0.3) is 16.8 Å². The Balaban J connectivity index is 1.51. The Labute approximate surface area is 207 Å². The maximum absolute atomic E-state index is 15.2. The smallest absolute Gasteiger partial charge is 0.387 e. The minimum atomic E-state index is -2.93. The Kier molecular flexibility index (Phi) is 6.55. The molecule has 187 valence electrons. The lowest BCUT2D eigenvalue weighted by Crippen LogP contribution is -2.33. The Bertz CT molecular complexity index is 1360. The van der Waals surface area contributed by atoms with Crippen molar-refractivity contribution in [3.05, 3.63) is 77.6 Å². The molecular formula is C27H27F3N5O. The number of halogens is 3. The van der Waals surface area contributed by atoms with Gasteiger partial charge in [0.2, 0.25) is 5.95 Å². The summed E-state index contributed by atoms with van der Waals surface area (Å²) in [4.78, 5) is 15.7. The third-order valence-corrected chi connectivity index (χ3v) is 6.79. The molecule has 1 fully saturated rings. The fourth-order valence-corrected chi connectivity index (χ4v) is 4.84. The lowest BCUT2D eigenvalue weighted by molar-refractivity contribution is -0.0505. The van der Waals surface area contributed by atoms with Gasteiger partial charge in [0.25, 0.3) is 0 Å². The van der Waals surface area contributed by atoms with E-state index in [0.717, 1.165) is 31.6 Å². The molecule has 1 aliphatic rings. The van der Waals surface area contributed by atoms with Crippen LogP contribution < -0.4 is 9.64 Å².